The highest BCUT2D eigenvalue weighted by Crippen LogP contribution is 2.30. The number of alkyl halides is 1. The Morgan fingerprint density at radius 1 is 1.17 bits per heavy atom. The van der Waals surface area contributed by atoms with Crippen LogP contribution in [-0.4, -0.2) is 72.5 Å². The monoisotopic (exact) mass is 588 g/mol. The minimum absolute atomic E-state index is 0.0681. The van der Waals surface area contributed by atoms with Gasteiger partial charge in [-0.15, -0.1) is 0 Å². The number of fused-ring (bicyclic) bond motifs is 1. The summed E-state index contributed by atoms with van der Waals surface area (Å²) in [5.41, 5.74) is 7.13. The Bertz CT molecular complexity index is 1480. The summed E-state index contributed by atoms with van der Waals surface area (Å²) >= 11 is 6.18. The van der Waals surface area contributed by atoms with Gasteiger partial charge in [-0.25, -0.2) is 18.4 Å². The molecule has 3 aromatic rings. The van der Waals surface area contributed by atoms with Crippen LogP contribution >= 0.6 is 11.6 Å². The first-order chi connectivity index (χ1) is 19.7. The molecule has 2 atom stereocenters. The molecule has 3 heterocycles. The van der Waals surface area contributed by atoms with Gasteiger partial charge in [0.1, 0.15) is 18.0 Å². The van der Waals surface area contributed by atoms with Crippen molar-refractivity contribution in [3.05, 3.63) is 59.0 Å². The van der Waals surface area contributed by atoms with Gasteiger partial charge in [0.15, 0.2) is 0 Å². The van der Waals surface area contributed by atoms with Crippen LogP contribution in [0.2, 0.25) is 5.02 Å². The maximum atomic E-state index is 14.9. The van der Waals surface area contributed by atoms with Crippen LogP contribution in [0.5, 0.6) is 0 Å². The van der Waals surface area contributed by atoms with Gasteiger partial charge >= 0.3 is 12.1 Å². The molecule has 2 aliphatic heterocycles. The molecule has 0 saturated carbocycles. The average molecular weight is 589 g/mol. The number of piperidine rings is 1. The Kier molecular flexibility index (Phi) is 8.32. The summed E-state index contributed by atoms with van der Waals surface area (Å²) in [7, 11) is 1.68. The maximum Gasteiger partial charge on any atom is 0.323 e. The number of urea groups is 1. The number of amides is 4. The number of halogens is 3. The number of likely N-dealkylation sites (tertiary alicyclic amines) is 1. The Morgan fingerprint density at radius 2 is 1.90 bits per heavy atom. The fraction of sp³-hybridized carbons (Fsp3) is 0.393. The maximum absolute atomic E-state index is 14.9. The van der Waals surface area contributed by atoms with Crippen LogP contribution < -0.4 is 21.3 Å². The molecule has 41 heavy (non-hydrogen) atoms. The molecule has 10 nitrogen and oxygen atoms in total. The van der Waals surface area contributed by atoms with E-state index in [1.54, 1.807) is 43.5 Å². The van der Waals surface area contributed by atoms with Crippen molar-refractivity contribution in [2.45, 2.75) is 44.1 Å². The molecule has 218 valence electrons. The third kappa shape index (κ3) is 5.94. The number of anilines is 2. The van der Waals surface area contributed by atoms with Crippen molar-refractivity contribution in [1.82, 2.24) is 14.8 Å². The number of ether oxygens (including phenoxy) is 1. The molecule has 0 unspecified atom stereocenters. The summed E-state index contributed by atoms with van der Waals surface area (Å²) in [5, 5.41) is 5.80. The third-order valence-corrected chi connectivity index (χ3v) is 7.96. The minimum Gasteiger partial charge on any atom is -0.381 e. The van der Waals surface area contributed by atoms with E-state index in [2.05, 4.69) is 15.5 Å². The summed E-state index contributed by atoms with van der Waals surface area (Å²) < 4.78 is 36.0. The number of carbonyl (C=O) groups is 3. The molecule has 2 fully saturated rings. The summed E-state index contributed by atoms with van der Waals surface area (Å²) in [4.78, 5) is 41.3. The van der Waals surface area contributed by atoms with Gasteiger partial charge in [0.05, 0.1) is 28.9 Å². The zero-order valence-electron chi connectivity index (χ0n) is 22.4. The second-order valence-corrected chi connectivity index (χ2v) is 10.6. The van der Waals surface area contributed by atoms with Crippen LogP contribution in [0, 0.1) is 5.82 Å². The lowest BCUT2D eigenvalue weighted by atomic mass is 10.1. The average Bonchev–Trinajstić information content (AvgIpc) is 3.54. The first-order valence-corrected chi connectivity index (χ1v) is 13.7. The van der Waals surface area contributed by atoms with E-state index in [4.69, 9.17) is 22.1 Å². The Labute approximate surface area is 240 Å². The van der Waals surface area contributed by atoms with E-state index >= 15 is 0 Å². The van der Waals surface area contributed by atoms with Gasteiger partial charge in [0.25, 0.3) is 0 Å². The van der Waals surface area contributed by atoms with Crippen molar-refractivity contribution in [3.63, 3.8) is 0 Å². The van der Waals surface area contributed by atoms with E-state index < -0.39 is 36.0 Å². The van der Waals surface area contributed by atoms with Gasteiger partial charge in [-0.3, -0.25) is 9.36 Å². The number of methoxy groups -OCH3 is 1. The van der Waals surface area contributed by atoms with E-state index in [9.17, 15) is 23.2 Å². The number of aromatic nitrogens is 1. The van der Waals surface area contributed by atoms with Crippen molar-refractivity contribution in [1.29, 1.82) is 0 Å². The predicted octanol–water partition coefficient (Wildman–Crippen LogP) is 4.24. The Morgan fingerprint density at radius 3 is 2.61 bits per heavy atom. The van der Waals surface area contributed by atoms with Gasteiger partial charge in [-0.1, -0.05) is 29.8 Å². The van der Waals surface area contributed by atoms with Crippen molar-refractivity contribution < 1.29 is 27.9 Å². The number of hydrogen-bond acceptors (Lipinski definition) is 5. The number of primary amides is 1. The third-order valence-electron chi connectivity index (χ3n) is 7.69. The summed E-state index contributed by atoms with van der Waals surface area (Å²) in [5.74, 6) is -1.28. The molecule has 5 rings (SSSR count). The van der Waals surface area contributed by atoms with Crippen molar-refractivity contribution >= 4 is 51.8 Å². The second kappa shape index (κ2) is 11.9. The standard InChI is InChI=1S/C28H31ClF2N6O4/c1-41-19-6-8-35(9-7-19)18-10-16(25(31)21(29)12-18)13-33-26(38)24-11-17(30)14-37(24)28(40)34-22-15-36(27(32)39)23-5-3-2-4-20(22)23/h2-5,10,12,15,17,19,24H,6-9,11,13-14H2,1H3,(H2,32,39)(H,33,38)(H,34,40)/t17-,24+/m1/s1. The van der Waals surface area contributed by atoms with E-state index in [1.165, 1.54) is 10.8 Å². The molecule has 0 radical (unpaired) electrons. The molecule has 1 aromatic heterocycles. The van der Waals surface area contributed by atoms with Gasteiger partial charge in [-0.2, -0.15) is 0 Å². The number of nitrogens with two attached hydrogens (primary N) is 1. The first-order valence-electron chi connectivity index (χ1n) is 13.3. The molecular weight excluding hydrogens is 558 g/mol. The molecule has 2 aliphatic rings. The molecule has 2 saturated heterocycles. The van der Waals surface area contributed by atoms with E-state index in [0.29, 0.717) is 24.0 Å². The van der Waals surface area contributed by atoms with Crippen LogP contribution in [0.1, 0.15) is 24.8 Å². The van der Waals surface area contributed by atoms with E-state index in [1.807, 2.05) is 0 Å². The normalized spacial score (nSPS) is 19.5. The minimum atomic E-state index is -1.42. The molecule has 0 spiro atoms. The van der Waals surface area contributed by atoms with Gasteiger partial charge < -0.3 is 30.9 Å². The lowest BCUT2D eigenvalue weighted by Gasteiger charge is -2.33. The van der Waals surface area contributed by atoms with Crippen LogP contribution in [0.25, 0.3) is 10.9 Å². The SMILES string of the molecule is COC1CCN(c2cc(Cl)c(F)c(CNC(=O)[C@@H]3C[C@@H](F)CN3C(=O)Nc3cn(C(N)=O)c4ccccc34)c2)CC1. The zero-order valence-corrected chi connectivity index (χ0v) is 23.2. The lowest BCUT2D eigenvalue weighted by Crippen LogP contribution is -2.47. The fourth-order valence-corrected chi connectivity index (χ4v) is 5.73. The number of rotatable bonds is 6. The number of nitrogens with one attached hydrogen (secondary N) is 2. The van der Waals surface area contributed by atoms with Gasteiger partial charge in [-0.05, 0) is 31.0 Å². The Hall–Kier alpha value is -3.90. The van der Waals surface area contributed by atoms with Crippen molar-refractivity contribution in [2.24, 2.45) is 5.73 Å². The van der Waals surface area contributed by atoms with Crippen molar-refractivity contribution in [3.8, 4) is 0 Å². The number of nitrogens with zero attached hydrogens (tertiary/aromatic N) is 3. The van der Waals surface area contributed by atoms with E-state index in [-0.39, 0.29) is 41.9 Å². The molecule has 2 aromatic carbocycles. The molecule has 4 amide bonds. The summed E-state index contributed by atoms with van der Waals surface area (Å²) in [6, 6.07) is 7.44. The molecule has 0 aliphatic carbocycles. The van der Waals surface area contributed by atoms with Crippen LogP contribution in [-0.2, 0) is 16.1 Å². The number of para-hydroxylation sites is 1. The zero-order chi connectivity index (χ0) is 29.3. The Balaban J connectivity index is 1.28. The van der Waals surface area contributed by atoms with E-state index in [0.717, 1.165) is 23.4 Å². The van der Waals surface area contributed by atoms with Gasteiger partial charge in [0, 0.05) is 56.0 Å². The lowest BCUT2D eigenvalue weighted by molar-refractivity contribution is -0.124. The number of benzene rings is 2. The number of hydrogen-bond donors (Lipinski definition) is 3. The highest BCUT2D eigenvalue weighted by Gasteiger charge is 2.40. The quantitative estimate of drug-likeness (QED) is 0.398. The first kappa shape index (κ1) is 28.6. The van der Waals surface area contributed by atoms with Gasteiger partial charge in [0.2, 0.25) is 5.91 Å². The highest BCUT2D eigenvalue weighted by molar-refractivity contribution is 6.31. The fourth-order valence-electron chi connectivity index (χ4n) is 5.50. The molecule has 0 bridgehead atoms. The number of carbonyl (C=O) groups excluding carboxylic acids is 3. The second-order valence-electron chi connectivity index (χ2n) is 10.2. The largest absolute Gasteiger partial charge is 0.381 e. The van der Waals surface area contributed by atoms with Crippen LogP contribution in [0.4, 0.5) is 29.7 Å². The van der Waals surface area contributed by atoms with Crippen LogP contribution in [0.3, 0.4) is 0 Å². The summed E-state index contributed by atoms with van der Waals surface area (Å²) in [6.45, 7) is 0.941. The predicted molar refractivity (Wildman–Crippen MR) is 151 cm³/mol. The summed E-state index contributed by atoms with van der Waals surface area (Å²) in [6.07, 6.45) is 1.57. The van der Waals surface area contributed by atoms with Crippen molar-refractivity contribution in [2.75, 3.05) is 37.0 Å². The van der Waals surface area contributed by atoms with Crippen LogP contribution in [0.15, 0.2) is 42.6 Å². The topological polar surface area (TPSA) is 122 Å². The molecule has 4 N–H and O–H groups in total. The molecule has 13 heteroatoms. The smallest absolute Gasteiger partial charge is 0.323 e. The molecular formula is C28H31ClF2N6O4. The highest BCUT2D eigenvalue weighted by atomic mass is 35.5.